The molecule has 2 aromatic rings. The van der Waals surface area contributed by atoms with Crippen LogP contribution in [0.5, 0.6) is 11.5 Å². The summed E-state index contributed by atoms with van der Waals surface area (Å²) in [7, 11) is 1.23. The average Bonchev–Trinajstić information content (AvgIpc) is 2.75. The second-order valence-electron chi connectivity index (χ2n) is 6.30. The van der Waals surface area contributed by atoms with Crippen LogP contribution in [0.15, 0.2) is 36.4 Å². The van der Waals surface area contributed by atoms with Crippen LogP contribution in [0.3, 0.4) is 0 Å². The molecule has 160 valence electrons. The molecule has 0 radical (unpaired) electrons. The molecule has 0 saturated heterocycles. The number of nitro benzene ring substituents is 1. The molecule has 0 atom stereocenters. The van der Waals surface area contributed by atoms with E-state index in [2.05, 4.69) is 10.1 Å². The van der Waals surface area contributed by atoms with Crippen molar-refractivity contribution in [2.45, 2.75) is 26.7 Å². The molecule has 1 amide bonds. The molecule has 0 spiro atoms. The number of hydrogen-bond donors (Lipinski definition) is 1. The number of nitrogens with one attached hydrogen (secondary N) is 1. The third kappa shape index (κ3) is 5.69. The van der Waals surface area contributed by atoms with Gasteiger partial charge in [0, 0.05) is 11.6 Å². The lowest BCUT2D eigenvalue weighted by Crippen LogP contribution is -2.15. The van der Waals surface area contributed by atoms with Gasteiger partial charge in [0.05, 0.1) is 36.9 Å². The van der Waals surface area contributed by atoms with Gasteiger partial charge in [-0.05, 0) is 31.0 Å². The van der Waals surface area contributed by atoms with Crippen molar-refractivity contribution in [2.24, 2.45) is 0 Å². The highest BCUT2D eigenvalue weighted by molar-refractivity contribution is 6.06. The van der Waals surface area contributed by atoms with E-state index >= 15 is 0 Å². The molecule has 2 rings (SSSR count). The van der Waals surface area contributed by atoms with Crippen LogP contribution in [0.25, 0.3) is 0 Å². The van der Waals surface area contributed by atoms with Crippen molar-refractivity contribution in [3.8, 4) is 11.5 Å². The van der Waals surface area contributed by atoms with Crippen LogP contribution in [0, 0.1) is 10.1 Å². The number of methoxy groups -OCH3 is 1. The SMILES string of the molecule is CCCOc1cc(NC(=O)c2cccc(C(=O)OC)c2)c([N+](=O)[O-])cc1OCCC. The van der Waals surface area contributed by atoms with Crippen molar-refractivity contribution in [3.63, 3.8) is 0 Å². The Bertz CT molecular complexity index is 928. The Morgan fingerprint density at radius 3 is 2.17 bits per heavy atom. The predicted molar refractivity (Wildman–Crippen MR) is 110 cm³/mol. The van der Waals surface area contributed by atoms with E-state index < -0.39 is 16.8 Å². The van der Waals surface area contributed by atoms with Gasteiger partial charge in [-0.25, -0.2) is 4.79 Å². The number of carbonyl (C=O) groups is 2. The Labute approximate surface area is 174 Å². The van der Waals surface area contributed by atoms with Crippen LogP contribution in [0.4, 0.5) is 11.4 Å². The lowest BCUT2D eigenvalue weighted by Gasteiger charge is -2.14. The second kappa shape index (κ2) is 10.8. The Morgan fingerprint density at radius 1 is 1.00 bits per heavy atom. The van der Waals surface area contributed by atoms with E-state index in [4.69, 9.17) is 9.47 Å². The largest absolute Gasteiger partial charge is 0.490 e. The quantitative estimate of drug-likeness (QED) is 0.350. The minimum Gasteiger partial charge on any atom is -0.490 e. The number of benzene rings is 2. The summed E-state index contributed by atoms with van der Waals surface area (Å²) in [5, 5.41) is 14.1. The molecule has 9 nitrogen and oxygen atoms in total. The van der Waals surface area contributed by atoms with E-state index in [0.717, 1.165) is 12.8 Å². The molecule has 0 fully saturated rings. The predicted octanol–water partition coefficient (Wildman–Crippen LogP) is 4.21. The van der Waals surface area contributed by atoms with Crippen molar-refractivity contribution in [3.05, 3.63) is 57.6 Å². The first-order chi connectivity index (χ1) is 14.4. The lowest BCUT2D eigenvalue weighted by molar-refractivity contribution is -0.384. The number of nitro groups is 1. The summed E-state index contributed by atoms with van der Waals surface area (Å²) in [6.07, 6.45) is 1.45. The minimum absolute atomic E-state index is 0.0385. The van der Waals surface area contributed by atoms with Gasteiger partial charge in [-0.1, -0.05) is 19.9 Å². The normalized spacial score (nSPS) is 10.2. The Balaban J connectivity index is 2.40. The number of nitrogens with zero attached hydrogens (tertiary/aromatic N) is 1. The third-order valence-electron chi connectivity index (χ3n) is 3.98. The zero-order valence-electron chi connectivity index (χ0n) is 17.1. The number of anilines is 1. The summed E-state index contributed by atoms with van der Waals surface area (Å²) < 4.78 is 15.9. The molecule has 9 heteroatoms. The van der Waals surface area contributed by atoms with Crippen molar-refractivity contribution < 1.29 is 28.7 Å². The molecule has 0 aliphatic rings. The first kappa shape index (κ1) is 22.7. The van der Waals surface area contributed by atoms with Gasteiger partial charge in [0.25, 0.3) is 11.6 Å². The maximum absolute atomic E-state index is 12.7. The molecule has 0 bridgehead atoms. The van der Waals surface area contributed by atoms with Crippen molar-refractivity contribution in [1.29, 1.82) is 0 Å². The Hall–Kier alpha value is -3.62. The van der Waals surface area contributed by atoms with Gasteiger partial charge in [-0.2, -0.15) is 0 Å². The molecular weight excluding hydrogens is 392 g/mol. The first-order valence-electron chi connectivity index (χ1n) is 9.49. The molecule has 1 N–H and O–H groups in total. The summed E-state index contributed by atoms with van der Waals surface area (Å²) in [4.78, 5) is 35.3. The van der Waals surface area contributed by atoms with Crippen molar-refractivity contribution >= 4 is 23.3 Å². The standard InChI is InChI=1S/C21H24N2O7/c1-4-9-29-18-12-16(17(23(26)27)13-19(18)30-10-5-2)22-20(24)14-7-6-8-15(11-14)21(25)28-3/h6-8,11-13H,4-5,9-10H2,1-3H3,(H,22,24). The molecule has 2 aromatic carbocycles. The number of rotatable bonds is 10. The van der Waals surface area contributed by atoms with E-state index in [1.54, 1.807) is 0 Å². The van der Waals surface area contributed by atoms with Gasteiger partial charge in [0.2, 0.25) is 0 Å². The molecular formula is C21H24N2O7. The van der Waals surface area contributed by atoms with E-state index in [9.17, 15) is 19.7 Å². The fourth-order valence-corrected chi connectivity index (χ4v) is 2.55. The van der Waals surface area contributed by atoms with Crippen LogP contribution >= 0.6 is 0 Å². The number of carbonyl (C=O) groups excluding carboxylic acids is 2. The van der Waals surface area contributed by atoms with E-state index in [-0.39, 0.29) is 28.3 Å². The third-order valence-corrected chi connectivity index (χ3v) is 3.98. The van der Waals surface area contributed by atoms with Crippen molar-refractivity contribution in [1.82, 2.24) is 0 Å². The van der Waals surface area contributed by atoms with Crippen molar-refractivity contribution in [2.75, 3.05) is 25.6 Å². The van der Waals surface area contributed by atoms with Crippen LogP contribution in [-0.4, -0.2) is 37.1 Å². The van der Waals surface area contributed by atoms with Gasteiger partial charge in [-0.15, -0.1) is 0 Å². The van der Waals surface area contributed by atoms with Gasteiger partial charge >= 0.3 is 5.97 Å². The molecule has 0 aliphatic heterocycles. The fraction of sp³-hybridized carbons (Fsp3) is 0.333. The fourth-order valence-electron chi connectivity index (χ4n) is 2.55. The van der Waals surface area contributed by atoms with Gasteiger partial charge in [0.1, 0.15) is 5.69 Å². The average molecular weight is 416 g/mol. The Morgan fingerprint density at radius 2 is 1.60 bits per heavy atom. The highest BCUT2D eigenvalue weighted by atomic mass is 16.6. The summed E-state index contributed by atoms with van der Waals surface area (Å²) in [6, 6.07) is 8.47. The summed E-state index contributed by atoms with van der Waals surface area (Å²) in [6.45, 7) is 4.59. The summed E-state index contributed by atoms with van der Waals surface area (Å²) >= 11 is 0. The van der Waals surface area contributed by atoms with Gasteiger partial charge in [-0.3, -0.25) is 14.9 Å². The number of amides is 1. The van der Waals surface area contributed by atoms with E-state index in [0.29, 0.717) is 19.0 Å². The smallest absolute Gasteiger partial charge is 0.337 e. The number of ether oxygens (including phenoxy) is 3. The van der Waals surface area contributed by atoms with E-state index in [1.165, 1.54) is 43.5 Å². The molecule has 0 aromatic heterocycles. The monoisotopic (exact) mass is 416 g/mol. The minimum atomic E-state index is -0.618. The van der Waals surface area contributed by atoms with Crippen LogP contribution in [0.1, 0.15) is 47.4 Å². The number of esters is 1. The second-order valence-corrected chi connectivity index (χ2v) is 6.30. The maximum Gasteiger partial charge on any atom is 0.337 e. The van der Waals surface area contributed by atoms with Crippen LogP contribution in [0.2, 0.25) is 0 Å². The molecule has 0 heterocycles. The molecule has 0 unspecified atom stereocenters. The summed E-state index contributed by atoms with van der Waals surface area (Å²) in [5.74, 6) is -0.673. The van der Waals surface area contributed by atoms with Gasteiger partial charge < -0.3 is 19.5 Å². The zero-order chi connectivity index (χ0) is 22.1. The highest BCUT2D eigenvalue weighted by Crippen LogP contribution is 2.38. The zero-order valence-corrected chi connectivity index (χ0v) is 17.1. The Kier molecular flexibility index (Phi) is 8.16. The van der Waals surface area contributed by atoms with Crippen LogP contribution in [-0.2, 0) is 4.74 Å². The molecule has 0 saturated carbocycles. The van der Waals surface area contributed by atoms with Gasteiger partial charge in [0.15, 0.2) is 11.5 Å². The highest BCUT2D eigenvalue weighted by Gasteiger charge is 2.22. The first-order valence-corrected chi connectivity index (χ1v) is 9.49. The number of hydrogen-bond acceptors (Lipinski definition) is 7. The summed E-state index contributed by atoms with van der Waals surface area (Å²) in [5.41, 5.74) is -0.0321. The molecule has 0 aliphatic carbocycles. The molecule has 30 heavy (non-hydrogen) atoms. The topological polar surface area (TPSA) is 117 Å². The van der Waals surface area contributed by atoms with Crippen LogP contribution < -0.4 is 14.8 Å². The maximum atomic E-state index is 12.7. The van der Waals surface area contributed by atoms with E-state index in [1.807, 2.05) is 13.8 Å². The lowest BCUT2D eigenvalue weighted by atomic mass is 10.1.